The second-order valence-corrected chi connectivity index (χ2v) is 6.38. The van der Waals surface area contributed by atoms with E-state index in [2.05, 4.69) is 34.5 Å². The van der Waals surface area contributed by atoms with Crippen molar-refractivity contribution in [3.63, 3.8) is 0 Å². The first kappa shape index (κ1) is 21.2. The zero-order valence-corrected chi connectivity index (χ0v) is 17.4. The predicted molar refractivity (Wildman–Crippen MR) is 111 cm³/mol. The van der Waals surface area contributed by atoms with E-state index in [1.165, 1.54) is 32.5 Å². The largest absolute Gasteiger partial charge is 0.357 e. The van der Waals surface area contributed by atoms with Crippen LogP contribution < -0.4 is 10.6 Å². The van der Waals surface area contributed by atoms with Crippen molar-refractivity contribution in [3.05, 3.63) is 18.5 Å². The van der Waals surface area contributed by atoms with Gasteiger partial charge in [0.1, 0.15) is 0 Å². The molecule has 24 heavy (non-hydrogen) atoms. The van der Waals surface area contributed by atoms with Crippen LogP contribution in [0.1, 0.15) is 33.1 Å². The molecule has 2 rings (SSSR count). The van der Waals surface area contributed by atoms with Crippen LogP contribution in [0.5, 0.6) is 0 Å². The summed E-state index contributed by atoms with van der Waals surface area (Å²) < 4.78 is 1.96. The molecule has 1 aromatic heterocycles. The predicted octanol–water partition coefficient (Wildman–Crippen LogP) is 2.18. The van der Waals surface area contributed by atoms with Crippen LogP contribution in [-0.4, -0.2) is 59.9 Å². The Labute approximate surface area is 163 Å². The highest BCUT2D eigenvalue weighted by Crippen LogP contribution is 2.10. The Morgan fingerprint density at radius 1 is 1.29 bits per heavy atom. The van der Waals surface area contributed by atoms with Gasteiger partial charge in [-0.3, -0.25) is 9.67 Å². The molecule has 1 saturated heterocycles. The van der Waals surface area contributed by atoms with Gasteiger partial charge in [0.15, 0.2) is 5.96 Å². The van der Waals surface area contributed by atoms with Gasteiger partial charge in [0, 0.05) is 45.1 Å². The van der Waals surface area contributed by atoms with Gasteiger partial charge in [0.2, 0.25) is 0 Å². The molecule has 6 nitrogen and oxygen atoms in total. The van der Waals surface area contributed by atoms with Crippen LogP contribution in [0.3, 0.4) is 0 Å². The molecule has 0 amide bonds. The average Bonchev–Trinajstić information content (AvgIpc) is 3.22. The molecule has 1 aliphatic rings. The van der Waals surface area contributed by atoms with E-state index in [1.807, 2.05) is 23.1 Å². The van der Waals surface area contributed by atoms with Crippen molar-refractivity contribution in [1.82, 2.24) is 25.3 Å². The number of halogens is 1. The Bertz CT molecular complexity index is 442. The standard InChI is InChI=1S/C17H32N6.HI/c1-3-18-17(19-8-6-12-23-13-7-9-21-23)20-14-16(2)15-22-10-4-5-11-22;/h7,9,13,16H,3-6,8,10-12,14-15H2,1-2H3,(H2,18,19,20);1H. The molecule has 7 heteroatoms. The number of nitrogens with one attached hydrogen (secondary N) is 2. The smallest absolute Gasteiger partial charge is 0.191 e. The van der Waals surface area contributed by atoms with Crippen LogP contribution in [0.25, 0.3) is 0 Å². The third-order valence-corrected chi connectivity index (χ3v) is 4.09. The summed E-state index contributed by atoms with van der Waals surface area (Å²) in [4.78, 5) is 7.30. The summed E-state index contributed by atoms with van der Waals surface area (Å²) in [5.74, 6) is 1.54. The van der Waals surface area contributed by atoms with E-state index in [9.17, 15) is 0 Å². The van der Waals surface area contributed by atoms with E-state index < -0.39 is 0 Å². The molecule has 2 heterocycles. The molecule has 0 spiro atoms. The lowest BCUT2D eigenvalue weighted by Crippen LogP contribution is -2.38. The monoisotopic (exact) mass is 448 g/mol. The van der Waals surface area contributed by atoms with E-state index in [0.29, 0.717) is 5.92 Å². The Balaban J connectivity index is 0.00000288. The second kappa shape index (κ2) is 12.5. The SMILES string of the molecule is CCNC(=NCC(C)CN1CCCC1)NCCCn1cccn1.I. The molecule has 1 fully saturated rings. The van der Waals surface area contributed by atoms with Crippen molar-refractivity contribution in [1.29, 1.82) is 0 Å². The first-order valence-electron chi connectivity index (χ1n) is 9.00. The second-order valence-electron chi connectivity index (χ2n) is 6.38. The molecule has 1 aliphatic heterocycles. The van der Waals surface area contributed by atoms with Crippen molar-refractivity contribution in [3.8, 4) is 0 Å². The van der Waals surface area contributed by atoms with Crippen molar-refractivity contribution in [2.45, 2.75) is 39.7 Å². The van der Waals surface area contributed by atoms with E-state index in [4.69, 9.17) is 4.99 Å². The zero-order valence-electron chi connectivity index (χ0n) is 15.1. The lowest BCUT2D eigenvalue weighted by molar-refractivity contribution is 0.291. The third kappa shape index (κ3) is 8.32. The minimum Gasteiger partial charge on any atom is -0.357 e. The number of aliphatic imine (C=N–C) groups is 1. The van der Waals surface area contributed by atoms with E-state index in [-0.39, 0.29) is 24.0 Å². The molecule has 2 N–H and O–H groups in total. The number of hydrogen-bond donors (Lipinski definition) is 2. The molecule has 0 aliphatic carbocycles. The van der Waals surface area contributed by atoms with Crippen LogP contribution in [0.2, 0.25) is 0 Å². The van der Waals surface area contributed by atoms with Gasteiger partial charge in [0.25, 0.3) is 0 Å². The van der Waals surface area contributed by atoms with E-state index in [0.717, 1.165) is 38.6 Å². The summed E-state index contributed by atoms with van der Waals surface area (Å²) in [6.07, 6.45) is 7.57. The normalized spacial score (nSPS) is 16.7. The third-order valence-electron chi connectivity index (χ3n) is 4.09. The lowest BCUT2D eigenvalue weighted by atomic mass is 10.2. The summed E-state index contributed by atoms with van der Waals surface area (Å²) in [5.41, 5.74) is 0. The Hall–Kier alpha value is -0.830. The summed E-state index contributed by atoms with van der Waals surface area (Å²) in [6.45, 7) is 11.7. The molecule has 0 bridgehead atoms. The fourth-order valence-corrected chi connectivity index (χ4v) is 2.93. The highest BCUT2D eigenvalue weighted by molar-refractivity contribution is 14.0. The molecule has 1 unspecified atom stereocenters. The van der Waals surface area contributed by atoms with Gasteiger partial charge in [-0.1, -0.05) is 6.92 Å². The van der Waals surface area contributed by atoms with Gasteiger partial charge in [-0.2, -0.15) is 5.10 Å². The Morgan fingerprint density at radius 2 is 2.08 bits per heavy atom. The number of aryl methyl sites for hydroxylation is 1. The molecule has 0 aromatic carbocycles. The van der Waals surface area contributed by atoms with E-state index in [1.54, 1.807) is 0 Å². The fourth-order valence-electron chi connectivity index (χ4n) is 2.93. The molecule has 0 saturated carbocycles. The highest BCUT2D eigenvalue weighted by atomic mass is 127. The van der Waals surface area contributed by atoms with Crippen LogP contribution >= 0.6 is 24.0 Å². The topological polar surface area (TPSA) is 57.5 Å². The average molecular weight is 448 g/mol. The molecule has 1 aromatic rings. The van der Waals surface area contributed by atoms with Gasteiger partial charge in [-0.15, -0.1) is 24.0 Å². The summed E-state index contributed by atoms with van der Waals surface area (Å²) >= 11 is 0. The van der Waals surface area contributed by atoms with Crippen molar-refractivity contribution in [2.75, 3.05) is 39.3 Å². The number of guanidine groups is 1. The van der Waals surface area contributed by atoms with E-state index >= 15 is 0 Å². The van der Waals surface area contributed by atoms with Gasteiger partial charge in [-0.25, -0.2) is 0 Å². The summed E-state index contributed by atoms with van der Waals surface area (Å²) in [6, 6.07) is 1.96. The maximum Gasteiger partial charge on any atom is 0.191 e. The first-order chi connectivity index (χ1) is 11.3. The van der Waals surface area contributed by atoms with Crippen LogP contribution in [0.4, 0.5) is 0 Å². The quantitative estimate of drug-likeness (QED) is 0.263. The van der Waals surface area contributed by atoms with Crippen LogP contribution in [0.15, 0.2) is 23.5 Å². The number of aromatic nitrogens is 2. The minimum atomic E-state index is 0. The summed E-state index contributed by atoms with van der Waals surface area (Å²) in [5, 5.41) is 11.0. The number of rotatable bonds is 9. The van der Waals surface area contributed by atoms with Crippen LogP contribution in [0, 0.1) is 5.92 Å². The lowest BCUT2D eigenvalue weighted by Gasteiger charge is -2.19. The molecule has 138 valence electrons. The summed E-state index contributed by atoms with van der Waals surface area (Å²) in [7, 11) is 0. The van der Waals surface area contributed by atoms with Gasteiger partial charge >= 0.3 is 0 Å². The Morgan fingerprint density at radius 3 is 2.75 bits per heavy atom. The fraction of sp³-hybridized carbons (Fsp3) is 0.765. The molecular formula is C17H33IN6. The minimum absolute atomic E-state index is 0. The van der Waals surface area contributed by atoms with Gasteiger partial charge in [0.05, 0.1) is 0 Å². The first-order valence-corrected chi connectivity index (χ1v) is 9.00. The molecule has 1 atom stereocenters. The molecule has 0 radical (unpaired) electrons. The highest BCUT2D eigenvalue weighted by Gasteiger charge is 2.14. The maximum absolute atomic E-state index is 4.74. The van der Waals surface area contributed by atoms with Crippen molar-refractivity contribution < 1.29 is 0 Å². The van der Waals surface area contributed by atoms with Gasteiger partial charge in [-0.05, 0) is 51.3 Å². The van der Waals surface area contributed by atoms with Crippen molar-refractivity contribution in [2.24, 2.45) is 10.9 Å². The number of likely N-dealkylation sites (tertiary alicyclic amines) is 1. The van der Waals surface area contributed by atoms with Gasteiger partial charge < -0.3 is 15.5 Å². The van der Waals surface area contributed by atoms with Crippen molar-refractivity contribution >= 4 is 29.9 Å². The maximum atomic E-state index is 4.74. The number of nitrogens with zero attached hydrogens (tertiary/aromatic N) is 4. The number of hydrogen-bond acceptors (Lipinski definition) is 3. The Kier molecular flexibility index (Phi) is 11.1. The van der Waals surface area contributed by atoms with Crippen LogP contribution in [-0.2, 0) is 6.54 Å². The molecular weight excluding hydrogens is 415 g/mol. The zero-order chi connectivity index (χ0) is 16.3.